The molecule has 0 aliphatic heterocycles. The summed E-state index contributed by atoms with van der Waals surface area (Å²) in [4.78, 5) is 0. The third kappa shape index (κ3) is 1.91. The van der Waals surface area contributed by atoms with Crippen molar-refractivity contribution in [1.29, 1.82) is 0 Å². The highest BCUT2D eigenvalue weighted by Gasteiger charge is 2.32. The van der Waals surface area contributed by atoms with Gasteiger partial charge in [-0.15, -0.1) is 13.2 Å². The van der Waals surface area contributed by atoms with Crippen molar-refractivity contribution < 1.29 is 17.9 Å². The van der Waals surface area contributed by atoms with Crippen molar-refractivity contribution in [3.8, 4) is 5.75 Å². The molecule has 0 aliphatic rings. The minimum atomic E-state index is -4.64. The number of aromatic nitrogens is 1. The largest absolute Gasteiger partial charge is 0.573 e. The molecule has 5 heteroatoms. The fourth-order valence-corrected chi connectivity index (χ4v) is 1.46. The van der Waals surface area contributed by atoms with Gasteiger partial charge in [0.1, 0.15) is 0 Å². The van der Waals surface area contributed by atoms with Crippen LogP contribution in [-0.4, -0.2) is 10.8 Å². The smallest absolute Gasteiger partial charge is 0.404 e. The maximum Gasteiger partial charge on any atom is 0.573 e. The van der Waals surface area contributed by atoms with Crippen LogP contribution in [0.15, 0.2) is 30.5 Å². The number of fused-ring (bicyclic) bond motifs is 1. The van der Waals surface area contributed by atoms with E-state index in [0.717, 1.165) is 0 Å². The number of hydrogen-bond donors (Lipinski definition) is 0. The third-order valence-corrected chi connectivity index (χ3v) is 2.11. The van der Waals surface area contributed by atoms with Crippen LogP contribution in [0.4, 0.5) is 13.2 Å². The lowest BCUT2D eigenvalue weighted by molar-refractivity contribution is -0.274. The molecule has 0 unspecified atom stereocenters. The van der Waals surface area contributed by atoms with Crippen LogP contribution < -0.4 is 4.74 Å². The van der Waals surface area contributed by atoms with Gasteiger partial charge in [0.05, 0.1) is 5.69 Å². The van der Waals surface area contributed by atoms with E-state index in [9.17, 15) is 13.2 Å². The molecule has 2 aromatic heterocycles. The molecule has 0 bridgehead atoms. The standard InChI is InChI=1S/C10H8F3NO/c1-7-9(15-10(11,12)13)6-8-4-2-3-5-14(7)8/h2-6H,1H3. The van der Waals surface area contributed by atoms with Crippen molar-refractivity contribution >= 4 is 5.52 Å². The summed E-state index contributed by atoms with van der Waals surface area (Å²) in [5, 5.41) is 0. The average Bonchev–Trinajstić information content (AvgIpc) is 2.42. The zero-order valence-corrected chi connectivity index (χ0v) is 7.88. The van der Waals surface area contributed by atoms with Gasteiger partial charge in [-0.2, -0.15) is 0 Å². The van der Waals surface area contributed by atoms with Crippen LogP contribution in [0.2, 0.25) is 0 Å². The Kier molecular flexibility index (Phi) is 2.10. The lowest BCUT2D eigenvalue weighted by Gasteiger charge is -2.07. The number of halogens is 3. The van der Waals surface area contributed by atoms with Crippen LogP contribution in [0.5, 0.6) is 5.75 Å². The first-order valence-corrected chi connectivity index (χ1v) is 4.30. The maximum absolute atomic E-state index is 12.0. The first-order chi connectivity index (χ1) is 6.97. The molecule has 0 radical (unpaired) electrons. The molecule has 0 saturated heterocycles. The first-order valence-electron chi connectivity index (χ1n) is 4.30. The molecule has 0 saturated carbocycles. The number of aryl methyl sites for hydroxylation is 1. The van der Waals surface area contributed by atoms with Crippen LogP contribution in [0, 0.1) is 6.92 Å². The Hall–Kier alpha value is -1.65. The number of nitrogens with zero attached hydrogens (tertiary/aromatic N) is 1. The van der Waals surface area contributed by atoms with Crippen molar-refractivity contribution in [2.45, 2.75) is 13.3 Å². The lowest BCUT2D eigenvalue weighted by Crippen LogP contribution is -2.17. The summed E-state index contributed by atoms with van der Waals surface area (Å²) in [5.74, 6) is -0.159. The minimum absolute atomic E-state index is 0.159. The number of hydrogen-bond acceptors (Lipinski definition) is 1. The molecule has 0 N–H and O–H groups in total. The van der Waals surface area contributed by atoms with E-state index >= 15 is 0 Å². The van der Waals surface area contributed by atoms with Gasteiger partial charge < -0.3 is 9.14 Å². The Morgan fingerprint density at radius 1 is 1.27 bits per heavy atom. The molecule has 2 nitrogen and oxygen atoms in total. The molecular weight excluding hydrogens is 207 g/mol. The van der Waals surface area contributed by atoms with E-state index in [0.29, 0.717) is 11.2 Å². The number of alkyl halides is 3. The highest BCUT2D eigenvalue weighted by Crippen LogP contribution is 2.28. The van der Waals surface area contributed by atoms with Gasteiger partial charge in [0.25, 0.3) is 0 Å². The Balaban J connectivity index is 2.49. The molecular formula is C10H8F3NO. The highest BCUT2D eigenvalue weighted by atomic mass is 19.4. The molecule has 0 spiro atoms. The Morgan fingerprint density at radius 3 is 2.60 bits per heavy atom. The second kappa shape index (κ2) is 3.18. The molecule has 2 aromatic rings. The van der Waals surface area contributed by atoms with E-state index in [1.165, 1.54) is 6.07 Å². The number of ether oxygens (including phenoxy) is 1. The van der Waals surface area contributed by atoms with Gasteiger partial charge in [-0.3, -0.25) is 0 Å². The van der Waals surface area contributed by atoms with Gasteiger partial charge in [-0.1, -0.05) is 6.07 Å². The summed E-state index contributed by atoms with van der Waals surface area (Å²) in [6.07, 6.45) is -2.95. The summed E-state index contributed by atoms with van der Waals surface area (Å²) in [5.41, 5.74) is 1.11. The fraction of sp³-hybridized carbons (Fsp3) is 0.200. The quantitative estimate of drug-likeness (QED) is 0.712. The van der Waals surface area contributed by atoms with Crippen molar-refractivity contribution in [1.82, 2.24) is 4.40 Å². The summed E-state index contributed by atoms with van der Waals surface area (Å²) in [6, 6.07) is 6.59. The van der Waals surface area contributed by atoms with Gasteiger partial charge in [0.15, 0.2) is 5.75 Å². The SMILES string of the molecule is Cc1c(OC(F)(F)F)cc2ccccn12. The van der Waals surface area contributed by atoms with E-state index in [4.69, 9.17) is 0 Å². The van der Waals surface area contributed by atoms with Gasteiger partial charge in [-0.25, -0.2) is 0 Å². The van der Waals surface area contributed by atoms with Crippen molar-refractivity contribution in [2.24, 2.45) is 0 Å². The van der Waals surface area contributed by atoms with Gasteiger partial charge in [0.2, 0.25) is 0 Å². The summed E-state index contributed by atoms with van der Waals surface area (Å²) < 4.78 is 41.6. The zero-order valence-electron chi connectivity index (χ0n) is 7.88. The van der Waals surface area contributed by atoms with Crippen LogP contribution in [0.1, 0.15) is 5.69 Å². The highest BCUT2D eigenvalue weighted by molar-refractivity contribution is 5.56. The predicted molar refractivity (Wildman–Crippen MR) is 48.8 cm³/mol. The van der Waals surface area contributed by atoms with Crippen LogP contribution in [-0.2, 0) is 0 Å². The van der Waals surface area contributed by atoms with E-state index in [1.807, 2.05) is 0 Å². The zero-order chi connectivity index (χ0) is 11.1. The molecule has 0 fully saturated rings. The second-order valence-electron chi connectivity index (χ2n) is 3.14. The molecule has 80 valence electrons. The van der Waals surface area contributed by atoms with Gasteiger partial charge in [-0.05, 0) is 19.1 Å². The Labute approximate surface area is 83.9 Å². The van der Waals surface area contributed by atoms with E-state index in [2.05, 4.69) is 4.74 Å². The molecule has 2 rings (SSSR count). The first kappa shape index (κ1) is 9.89. The van der Waals surface area contributed by atoms with Gasteiger partial charge >= 0.3 is 6.36 Å². The fourth-order valence-electron chi connectivity index (χ4n) is 1.46. The molecule has 0 amide bonds. The maximum atomic E-state index is 12.0. The predicted octanol–water partition coefficient (Wildman–Crippen LogP) is 3.15. The van der Waals surface area contributed by atoms with Crippen molar-refractivity contribution in [3.63, 3.8) is 0 Å². The molecule has 0 atom stereocenters. The summed E-state index contributed by atoms with van der Waals surface area (Å²) >= 11 is 0. The van der Waals surface area contributed by atoms with Crippen LogP contribution in [0.25, 0.3) is 5.52 Å². The molecule has 2 heterocycles. The third-order valence-electron chi connectivity index (χ3n) is 2.11. The van der Waals surface area contributed by atoms with Crippen molar-refractivity contribution in [3.05, 3.63) is 36.2 Å². The van der Waals surface area contributed by atoms with Crippen molar-refractivity contribution in [2.75, 3.05) is 0 Å². The Morgan fingerprint density at radius 2 is 2.00 bits per heavy atom. The average molecular weight is 215 g/mol. The van der Waals surface area contributed by atoms with E-state index in [-0.39, 0.29) is 5.75 Å². The number of rotatable bonds is 1. The lowest BCUT2D eigenvalue weighted by atomic mass is 10.4. The molecule has 0 aliphatic carbocycles. The minimum Gasteiger partial charge on any atom is -0.404 e. The normalized spacial score (nSPS) is 12.0. The van der Waals surface area contributed by atoms with Crippen LogP contribution >= 0.6 is 0 Å². The monoisotopic (exact) mass is 215 g/mol. The second-order valence-corrected chi connectivity index (χ2v) is 3.14. The van der Waals surface area contributed by atoms with Gasteiger partial charge in [0, 0.05) is 17.8 Å². The van der Waals surface area contributed by atoms with E-state index in [1.54, 1.807) is 35.7 Å². The summed E-state index contributed by atoms with van der Waals surface area (Å²) in [7, 11) is 0. The van der Waals surface area contributed by atoms with E-state index < -0.39 is 6.36 Å². The topological polar surface area (TPSA) is 13.6 Å². The molecule has 15 heavy (non-hydrogen) atoms. The Bertz CT molecular complexity index is 487. The molecule has 0 aromatic carbocycles. The van der Waals surface area contributed by atoms with Crippen LogP contribution in [0.3, 0.4) is 0 Å². The number of pyridine rings is 1. The summed E-state index contributed by atoms with van der Waals surface area (Å²) in [6.45, 7) is 1.58.